The van der Waals surface area contributed by atoms with Gasteiger partial charge in [-0.25, -0.2) is 0 Å². The minimum absolute atomic E-state index is 0.448. The first kappa shape index (κ1) is 14.8. The third-order valence-corrected chi connectivity index (χ3v) is 2.58. The number of hydrogen-bond acceptors (Lipinski definition) is 5. The van der Waals surface area contributed by atoms with E-state index in [4.69, 9.17) is 9.66 Å². The minimum Gasteiger partial charge on any atom is -0.388 e. The number of aliphatic hydroxyl groups is 2. The maximum Gasteiger partial charge on any atom is 0.267 e. The van der Waals surface area contributed by atoms with Crippen LogP contribution in [0, 0.1) is 5.92 Å². The topological polar surface area (TPSA) is 107 Å². The molecular formula is C8H19NO5S. The average Bonchev–Trinajstić information content (AvgIpc) is 1.99. The van der Waals surface area contributed by atoms with Crippen LogP contribution in [0.4, 0.5) is 0 Å². The molecule has 0 aromatic carbocycles. The van der Waals surface area contributed by atoms with Crippen molar-refractivity contribution in [3.8, 4) is 0 Å². The molecule has 0 aromatic heterocycles. The molecule has 4 N–H and O–H groups in total. The normalized spacial score (nSPS) is 16.7. The van der Waals surface area contributed by atoms with E-state index in [1.165, 1.54) is 0 Å². The highest BCUT2D eigenvalue weighted by Crippen LogP contribution is 1.99. The zero-order valence-corrected chi connectivity index (χ0v) is 9.74. The van der Waals surface area contributed by atoms with Gasteiger partial charge < -0.3 is 10.2 Å². The third-order valence-electron chi connectivity index (χ3n) is 1.82. The molecule has 0 aromatic rings. The van der Waals surface area contributed by atoms with Gasteiger partial charge in [0.15, 0.2) is 0 Å². The summed E-state index contributed by atoms with van der Waals surface area (Å²) in [6.45, 7) is 4.48. The van der Waals surface area contributed by atoms with Gasteiger partial charge in [-0.15, -0.1) is 0 Å². The van der Waals surface area contributed by atoms with Crippen molar-refractivity contribution < 1.29 is 23.2 Å². The number of nitrogens with one attached hydrogen (secondary N) is 1. The van der Waals surface area contributed by atoms with Crippen LogP contribution in [0.25, 0.3) is 0 Å². The van der Waals surface area contributed by atoms with Gasteiger partial charge in [0, 0.05) is 0 Å². The summed E-state index contributed by atoms with van der Waals surface area (Å²) in [7, 11) is -4.26. The van der Waals surface area contributed by atoms with Gasteiger partial charge in [-0.05, 0) is 18.9 Å². The van der Waals surface area contributed by atoms with E-state index >= 15 is 0 Å². The largest absolute Gasteiger partial charge is 0.388 e. The summed E-state index contributed by atoms with van der Waals surface area (Å²) in [5.41, 5.74) is 0. The van der Waals surface area contributed by atoms with Crippen molar-refractivity contribution in [2.24, 2.45) is 5.92 Å². The van der Waals surface area contributed by atoms with Gasteiger partial charge in [-0.2, -0.15) is 8.42 Å². The fourth-order valence-electron chi connectivity index (χ4n) is 0.963. The molecule has 0 saturated carbocycles. The van der Waals surface area contributed by atoms with Crippen LogP contribution in [0.3, 0.4) is 0 Å². The molecule has 6 nitrogen and oxygen atoms in total. The Bertz CT molecular complexity index is 264. The second-order valence-electron chi connectivity index (χ2n) is 3.90. The molecular weight excluding hydrogens is 222 g/mol. The van der Waals surface area contributed by atoms with E-state index in [1.807, 2.05) is 13.8 Å². The standard InChI is InChI=1S/C8H19NO5S/c1-6(2)3-4-9-8(11)7(10)5-15(12,13)14/h6-11H,3-5H2,1-2H3,(H,12,13,14). The smallest absolute Gasteiger partial charge is 0.267 e. The van der Waals surface area contributed by atoms with E-state index < -0.39 is 28.2 Å². The van der Waals surface area contributed by atoms with Gasteiger partial charge in [-0.3, -0.25) is 9.87 Å². The van der Waals surface area contributed by atoms with Gasteiger partial charge in [0.05, 0.1) is 0 Å². The van der Waals surface area contributed by atoms with Gasteiger partial charge in [0.2, 0.25) is 0 Å². The molecule has 0 spiro atoms. The van der Waals surface area contributed by atoms with Crippen molar-refractivity contribution in [3.63, 3.8) is 0 Å². The SMILES string of the molecule is CC(C)CCNC(O)C(O)CS(=O)(=O)O. The minimum atomic E-state index is -4.26. The van der Waals surface area contributed by atoms with E-state index in [0.29, 0.717) is 12.5 Å². The Morgan fingerprint density at radius 3 is 2.20 bits per heavy atom. The maximum atomic E-state index is 10.4. The third kappa shape index (κ3) is 8.76. The maximum absolute atomic E-state index is 10.4. The van der Waals surface area contributed by atoms with E-state index in [0.717, 1.165) is 6.42 Å². The molecule has 0 amide bonds. The van der Waals surface area contributed by atoms with Gasteiger partial charge >= 0.3 is 0 Å². The lowest BCUT2D eigenvalue weighted by Crippen LogP contribution is -2.43. The molecule has 0 aliphatic heterocycles. The van der Waals surface area contributed by atoms with Crippen molar-refractivity contribution in [1.82, 2.24) is 5.32 Å². The highest BCUT2D eigenvalue weighted by molar-refractivity contribution is 7.85. The monoisotopic (exact) mass is 241 g/mol. The number of aliphatic hydroxyl groups excluding tert-OH is 2. The molecule has 0 bridgehead atoms. The fraction of sp³-hybridized carbons (Fsp3) is 1.00. The lowest BCUT2D eigenvalue weighted by molar-refractivity contribution is 0.0100. The number of rotatable bonds is 7. The highest BCUT2D eigenvalue weighted by atomic mass is 32.2. The Kier molecular flexibility index (Phi) is 6.30. The van der Waals surface area contributed by atoms with Gasteiger partial charge in [0.1, 0.15) is 18.1 Å². The van der Waals surface area contributed by atoms with Crippen LogP contribution in [-0.4, -0.2) is 47.8 Å². The van der Waals surface area contributed by atoms with Crippen molar-refractivity contribution in [2.45, 2.75) is 32.6 Å². The molecule has 7 heteroatoms. The summed E-state index contributed by atoms with van der Waals surface area (Å²) < 4.78 is 29.2. The molecule has 15 heavy (non-hydrogen) atoms. The van der Waals surface area contributed by atoms with E-state index in [-0.39, 0.29) is 0 Å². The summed E-state index contributed by atoms with van der Waals surface area (Å²) in [6, 6.07) is 0. The Hall–Kier alpha value is -0.210. The Labute approximate surface area is 90.1 Å². The molecule has 2 atom stereocenters. The van der Waals surface area contributed by atoms with E-state index in [2.05, 4.69) is 5.32 Å². The Morgan fingerprint density at radius 1 is 1.27 bits per heavy atom. The van der Waals surface area contributed by atoms with Crippen molar-refractivity contribution in [3.05, 3.63) is 0 Å². The van der Waals surface area contributed by atoms with Crippen LogP contribution in [0.15, 0.2) is 0 Å². The molecule has 0 radical (unpaired) electrons. The lowest BCUT2D eigenvalue weighted by Gasteiger charge is -2.18. The van der Waals surface area contributed by atoms with Crippen LogP contribution in [0.1, 0.15) is 20.3 Å². The molecule has 0 fully saturated rings. The fourth-order valence-corrected chi connectivity index (χ4v) is 1.58. The van der Waals surface area contributed by atoms with Crippen molar-refractivity contribution in [1.29, 1.82) is 0 Å². The Morgan fingerprint density at radius 2 is 1.80 bits per heavy atom. The van der Waals surface area contributed by atoms with Gasteiger partial charge in [0.25, 0.3) is 10.1 Å². The second kappa shape index (κ2) is 6.39. The van der Waals surface area contributed by atoms with Crippen LogP contribution >= 0.6 is 0 Å². The van der Waals surface area contributed by atoms with Crippen LogP contribution in [0.2, 0.25) is 0 Å². The summed E-state index contributed by atoms with van der Waals surface area (Å²) >= 11 is 0. The highest BCUT2D eigenvalue weighted by Gasteiger charge is 2.21. The predicted octanol–water partition coefficient (Wildman–Crippen LogP) is -0.811. The van der Waals surface area contributed by atoms with Crippen molar-refractivity contribution in [2.75, 3.05) is 12.3 Å². The van der Waals surface area contributed by atoms with Crippen LogP contribution in [-0.2, 0) is 10.1 Å². The first-order chi connectivity index (χ1) is 6.72. The molecule has 0 aliphatic carbocycles. The quantitative estimate of drug-likeness (QED) is 0.343. The van der Waals surface area contributed by atoms with Crippen LogP contribution < -0.4 is 5.32 Å². The molecule has 0 rings (SSSR count). The molecule has 0 saturated heterocycles. The van der Waals surface area contributed by atoms with Crippen molar-refractivity contribution >= 4 is 10.1 Å². The molecule has 0 heterocycles. The zero-order chi connectivity index (χ0) is 12.1. The summed E-state index contributed by atoms with van der Waals surface area (Å²) in [5, 5.41) is 21.0. The first-order valence-electron chi connectivity index (χ1n) is 4.77. The predicted molar refractivity (Wildman–Crippen MR) is 55.9 cm³/mol. The summed E-state index contributed by atoms with van der Waals surface area (Å²) in [5.74, 6) is -0.425. The molecule has 2 unspecified atom stereocenters. The summed E-state index contributed by atoms with van der Waals surface area (Å²) in [4.78, 5) is 0. The van der Waals surface area contributed by atoms with E-state index in [9.17, 15) is 13.5 Å². The van der Waals surface area contributed by atoms with Gasteiger partial charge in [-0.1, -0.05) is 13.8 Å². The average molecular weight is 241 g/mol. The Balaban J connectivity index is 3.84. The van der Waals surface area contributed by atoms with Crippen LogP contribution in [0.5, 0.6) is 0 Å². The zero-order valence-electron chi connectivity index (χ0n) is 8.92. The second-order valence-corrected chi connectivity index (χ2v) is 5.39. The molecule has 0 aliphatic rings. The van der Waals surface area contributed by atoms with E-state index in [1.54, 1.807) is 0 Å². The first-order valence-corrected chi connectivity index (χ1v) is 6.38. The lowest BCUT2D eigenvalue weighted by atomic mass is 10.1. The number of hydrogen-bond donors (Lipinski definition) is 4. The molecule has 92 valence electrons. The summed E-state index contributed by atoms with van der Waals surface area (Å²) in [6.07, 6.45) is -2.06.